The monoisotopic (exact) mass is 924 g/mol. The van der Waals surface area contributed by atoms with Gasteiger partial charge in [0.1, 0.15) is 0 Å². The molecule has 0 aliphatic heterocycles. The van der Waals surface area contributed by atoms with Gasteiger partial charge in [-0.15, -0.1) is 0 Å². The van der Waals surface area contributed by atoms with E-state index >= 15 is 0 Å². The van der Waals surface area contributed by atoms with E-state index in [1.165, 1.54) is 5.39 Å². The predicted octanol–water partition coefficient (Wildman–Crippen LogP) is 14.0. The van der Waals surface area contributed by atoms with Crippen LogP contribution in [0.5, 0.6) is 0 Å². The first-order valence-corrected chi connectivity index (χ1v) is 24.2. The predicted molar refractivity (Wildman–Crippen MR) is 290 cm³/mol. The van der Waals surface area contributed by atoms with E-state index in [-0.39, 0.29) is 0 Å². The van der Waals surface area contributed by atoms with Gasteiger partial charge in [0.05, 0.1) is 50.0 Å². The molecule has 0 bridgehead atoms. The summed E-state index contributed by atoms with van der Waals surface area (Å²) in [6.07, 6.45) is 12.3. The summed E-state index contributed by atoms with van der Waals surface area (Å²) in [5.74, 6) is 1.67. The highest BCUT2D eigenvalue weighted by atomic mass is 15.2. The number of benzene rings is 7. The van der Waals surface area contributed by atoms with Crippen molar-refractivity contribution in [2.24, 2.45) is 0 Å². The van der Waals surface area contributed by atoms with Crippen molar-refractivity contribution in [3.05, 3.63) is 225 Å². The van der Waals surface area contributed by atoms with Crippen LogP contribution in [-0.4, -0.2) is 48.2 Å². The van der Waals surface area contributed by atoms with Crippen LogP contribution in [0.1, 0.15) is 5.56 Å². The Morgan fingerprint density at radius 1 is 0.333 bits per heavy atom. The zero-order chi connectivity index (χ0) is 47.3. The van der Waals surface area contributed by atoms with E-state index in [0.29, 0.717) is 30.6 Å². The van der Waals surface area contributed by atoms with Gasteiger partial charge in [0.2, 0.25) is 5.95 Å². The average Bonchev–Trinajstić information content (AvgIpc) is 4.17. The number of fused-ring (bicyclic) bond motifs is 12. The Morgan fingerprint density at radius 3 is 1.38 bits per heavy atom. The summed E-state index contributed by atoms with van der Waals surface area (Å²) < 4.78 is 9.49. The summed E-state index contributed by atoms with van der Waals surface area (Å²) in [5, 5.41) is 8.94. The molecule has 10 nitrogen and oxygen atoms in total. The third-order valence-corrected chi connectivity index (χ3v) is 14.5. The Labute approximate surface area is 411 Å². The molecule has 15 aromatic rings. The van der Waals surface area contributed by atoms with Crippen molar-refractivity contribution in [1.29, 1.82) is 0 Å². The molecule has 72 heavy (non-hydrogen) atoms. The fraction of sp³-hybridized carbons (Fsp3) is 0.0323. The third kappa shape index (κ3) is 5.96. The fourth-order valence-corrected chi connectivity index (χ4v) is 11.5. The van der Waals surface area contributed by atoms with E-state index in [2.05, 4.69) is 192 Å². The zero-order valence-electron chi connectivity index (χ0n) is 38.7. The average molecular weight is 925 g/mol. The second kappa shape index (κ2) is 15.9. The van der Waals surface area contributed by atoms with Crippen molar-refractivity contribution in [3.8, 4) is 40.1 Å². The molecule has 0 fully saturated rings. The molecule has 7 aromatic carbocycles. The number of hydrogen-bond donors (Lipinski definition) is 0. The van der Waals surface area contributed by atoms with Gasteiger partial charge in [-0.2, -0.15) is 9.97 Å². The van der Waals surface area contributed by atoms with Gasteiger partial charge in [-0.1, -0.05) is 121 Å². The van der Waals surface area contributed by atoms with E-state index in [0.717, 1.165) is 110 Å². The van der Waals surface area contributed by atoms with Crippen molar-refractivity contribution < 1.29 is 0 Å². The molecule has 0 saturated carbocycles. The van der Waals surface area contributed by atoms with Crippen molar-refractivity contribution >= 4 is 87.2 Å². The Morgan fingerprint density at radius 2 is 0.764 bits per heavy atom. The highest BCUT2D eigenvalue weighted by Crippen LogP contribution is 2.43. The molecule has 8 heterocycles. The summed E-state index contributed by atoms with van der Waals surface area (Å²) in [6.45, 7) is 0.661. The van der Waals surface area contributed by atoms with Crippen molar-refractivity contribution in [2.75, 3.05) is 0 Å². The Kier molecular flexibility index (Phi) is 8.85. The van der Waals surface area contributed by atoms with Crippen LogP contribution >= 0.6 is 0 Å². The van der Waals surface area contributed by atoms with Crippen LogP contribution in [0.15, 0.2) is 219 Å². The lowest BCUT2D eigenvalue weighted by Crippen LogP contribution is -2.13. The minimum atomic E-state index is 0.535. The quantitative estimate of drug-likeness (QED) is 0.151. The maximum Gasteiger partial charge on any atom is 0.238 e. The number of nitrogens with zero attached hydrogens (tertiary/aromatic N) is 10. The maximum atomic E-state index is 5.62. The fourth-order valence-electron chi connectivity index (χ4n) is 11.5. The molecule has 338 valence electrons. The van der Waals surface area contributed by atoms with Gasteiger partial charge in [-0.25, -0.2) is 4.98 Å². The van der Waals surface area contributed by atoms with Crippen LogP contribution in [0, 0.1) is 0 Å². The van der Waals surface area contributed by atoms with Gasteiger partial charge < -0.3 is 13.7 Å². The molecule has 0 radical (unpaired) electrons. The Bertz CT molecular complexity index is 4440. The topological polar surface area (TPSA) is 97.1 Å². The molecular weight excluding hydrogens is 885 g/mol. The first kappa shape index (κ1) is 40.1. The van der Waals surface area contributed by atoms with E-state index < -0.39 is 0 Å². The molecule has 0 saturated heterocycles. The third-order valence-electron chi connectivity index (χ3n) is 14.5. The minimum absolute atomic E-state index is 0.535. The van der Waals surface area contributed by atoms with Crippen LogP contribution in [0.2, 0.25) is 0 Å². The van der Waals surface area contributed by atoms with Gasteiger partial charge in [-0.3, -0.25) is 19.5 Å². The minimum Gasteiger partial charge on any atom is -0.340 e. The lowest BCUT2D eigenvalue weighted by atomic mass is 9.99. The van der Waals surface area contributed by atoms with E-state index in [9.17, 15) is 0 Å². The molecule has 10 heteroatoms. The summed E-state index contributed by atoms with van der Waals surface area (Å²) in [7, 11) is 0. The Hall–Kier alpha value is -9.80. The van der Waals surface area contributed by atoms with Crippen LogP contribution < -0.4 is 0 Å². The second-order valence-corrected chi connectivity index (χ2v) is 18.3. The Balaban J connectivity index is 1.10. The summed E-state index contributed by atoms with van der Waals surface area (Å²) in [5.41, 5.74) is 13.5. The summed E-state index contributed by atoms with van der Waals surface area (Å²) >= 11 is 0. The number of para-hydroxylation sites is 5. The molecule has 0 atom stereocenters. The molecule has 0 aliphatic carbocycles. The largest absolute Gasteiger partial charge is 0.340 e. The number of aromatic nitrogens is 10. The second-order valence-electron chi connectivity index (χ2n) is 18.3. The van der Waals surface area contributed by atoms with Crippen molar-refractivity contribution in [3.63, 3.8) is 0 Å². The van der Waals surface area contributed by atoms with Gasteiger partial charge in [0.15, 0.2) is 11.6 Å². The molecule has 0 amide bonds. The molecule has 0 aliphatic rings. The first-order valence-electron chi connectivity index (χ1n) is 24.2. The smallest absolute Gasteiger partial charge is 0.238 e. The van der Waals surface area contributed by atoms with Gasteiger partial charge in [-0.05, 0) is 67.1 Å². The van der Waals surface area contributed by atoms with Gasteiger partial charge >= 0.3 is 0 Å². The van der Waals surface area contributed by atoms with Crippen molar-refractivity contribution in [1.82, 2.24) is 48.2 Å². The van der Waals surface area contributed by atoms with Gasteiger partial charge in [0.25, 0.3) is 0 Å². The van der Waals surface area contributed by atoms with E-state index in [1.807, 2.05) is 55.4 Å². The van der Waals surface area contributed by atoms with Crippen LogP contribution in [-0.2, 0) is 13.0 Å². The lowest BCUT2D eigenvalue weighted by molar-refractivity contribution is 0.739. The number of pyridine rings is 3. The van der Waals surface area contributed by atoms with Gasteiger partial charge in [0, 0.05) is 109 Å². The standard InChI is InChI=1S/C62H40N10/c1-2-14-39(15-3-1)60-66-61(68-62(67-60)72-54-24-12-5-16-40(54)41-17-6-13-25-55(41)72)46-26-27-56(70-52-22-10-7-19-43(52)48-37-64-33-29-57(48)70)45(31-35-69-50-21-9-4-18-42(50)47-36-63-32-28-51(47)69)59(46)71-53-23-11-8-20-44(53)49-38-65-34-30-58(49)71/h1-30,32-34,36-38H,31,35H2. The number of rotatable bonds is 8. The molecule has 15 rings (SSSR count). The van der Waals surface area contributed by atoms with Crippen molar-refractivity contribution in [2.45, 2.75) is 13.0 Å². The zero-order valence-corrected chi connectivity index (χ0v) is 38.7. The number of aryl methyl sites for hydroxylation is 1. The van der Waals surface area contributed by atoms with Crippen LogP contribution in [0.3, 0.4) is 0 Å². The number of hydrogen-bond acceptors (Lipinski definition) is 6. The lowest BCUT2D eigenvalue weighted by Gasteiger charge is -2.23. The van der Waals surface area contributed by atoms with Crippen LogP contribution in [0.4, 0.5) is 0 Å². The molecule has 8 aromatic heterocycles. The molecular formula is C62H40N10. The molecule has 0 unspecified atom stereocenters. The summed E-state index contributed by atoms with van der Waals surface area (Å²) in [4.78, 5) is 30.4. The maximum absolute atomic E-state index is 5.62. The summed E-state index contributed by atoms with van der Waals surface area (Å²) in [6, 6.07) is 64.1. The highest BCUT2D eigenvalue weighted by Gasteiger charge is 2.27. The normalized spacial score (nSPS) is 12.0. The highest BCUT2D eigenvalue weighted by molar-refractivity contribution is 6.12. The van der Waals surface area contributed by atoms with E-state index in [4.69, 9.17) is 19.9 Å². The molecule has 0 N–H and O–H groups in total. The van der Waals surface area contributed by atoms with Crippen LogP contribution in [0.25, 0.3) is 127 Å². The SMILES string of the molecule is c1ccc(-c2nc(-c3ccc(-n4c5ccccc5c5cnccc54)c(CCn4c5ccccc5c5cnccc54)c3-n3c4ccccc4c4cnccc43)nc(-n3c4ccccc4c4ccccc43)n2)cc1. The van der Waals surface area contributed by atoms with E-state index in [1.54, 1.807) is 0 Å². The molecule has 0 spiro atoms. The first-order chi connectivity index (χ1) is 35.8.